The minimum absolute atomic E-state index is 0.116. The van der Waals surface area contributed by atoms with Crippen LogP contribution >= 0.6 is 15.9 Å². The summed E-state index contributed by atoms with van der Waals surface area (Å²) in [7, 11) is 0. The first kappa shape index (κ1) is 11.7. The molecule has 0 spiro atoms. The smallest absolute Gasteiger partial charge is 0.356 e. The summed E-state index contributed by atoms with van der Waals surface area (Å²) in [4.78, 5) is 10.9. The summed E-state index contributed by atoms with van der Waals surface area (Å²) in [6.45, 7) is 1.73. The molecule has 0 saturated heterocycles. The van der Waals surface area contributed by atoms with E-state index in [1.54, 1.807) is 13.0 Å². The Balaban J connectivity index is 2.64. The molecule has 0 bridgehead atoms. The van der Waals surface area contributed by atoms with Crippen molar-refractivity contribution in [1.29, 1.82) is 0 Å². The highest BCUT2D eigenvalue weighted by Gasteiger charge is 2.16. The van der Waals surface area contributed by atoms with Crippen LogP contribution in [0.5, 0.6) is 0 Å². The first-order valence-corrected chi connectivity index (χ1v) is 5.40. The normalized spacial score (nSPS) is 10.5. The fraction of sp³-hybridized carbons (Fsp3) is 0.100. The standard InChI is InChI=1S/C10H7BrFN3O2/c1-5-2-6(11)7(12)3-8(5)15-9(10(16)17)4-13-14-15/h2-4H,1H3,(H,16,17). The average Bonchev–Trinajstić information content (AvgIpc) is 2.72. The molecule has 1 aromatic carbocycles. The first-order chi connectivity index (χ1) is 8.00. The molecule has 1 N–H and O–H groups in total. The van der Waals surface area contributed by atoms with Gasteiger partial charge in [-0.15, -0.1) is 5.10 Å². The van der Waals surface area contributed by atoms with Gasteiger partial charge in [0, 0.05) is 6.07 Å². The third kappa shape index (κ3) is 2.05. The maximum atomic E-state index is 13.4. The molecule has 2 aromatic rings. The van der Waals surface area contributed by atoms with Crippen LogP contribution in [0.1, 0.15) is 16.1 Å². The Hall–Kier alpha value is -1.76. The number of carboxylic acids is 1. The monoisotopic (exact) mass is 299 g/mol. The third-order valence-corrected chi connectivity index (χ3v) is 2.84. The van der Waals surface area contributed by atoms with Crippen molar-refractivity contribution in [2.24, 2.45) is 0 Å². The van der Waals surface area contributed by atoms with Gasteiger partial charge in [-0.3, -0.25) is 0 Å². The summed E-state index contributed by atoms with van der Waals surface area (Å²) in [5.74, 6) is -1.66. The number of halogens is 2. The summed E-state index contributed by atoms with van der Waals surface area (Å²) in [5, 5.41) is 16.1. The molecule has 2 rings (SSSR count). The molecule has 7 heteroatoms. The summed E-state index contributed by atoms with van der Waals surface area (Å²) < 4.78 is 14.8. The van der Waals surface area contributed by atoms with Gasteiger partial charge in [-0.25, -0.2) is 13.9 Å². The van der Waals surface area contributed by atoms with Crippen molar-refractivity contribution in [2.45, 2.75) is 6.92 Å². The molecule has 0 radical (unpaired) electrons. The number of rotatable bonds is 2. The maximum Gasteiger partial charge on any atom is 0.356 e. The lowest BCUT2D eigenvalue weighted by Gasteiger charge is -2.08. The highest BCUT2D eigenvalue weighted by Crippen LogP contribution is 2.23. The maximum absolute atomic E-state index is 13.4. The lowest BCUT2D eigenvalue weighted by Crippen LogP contribution is -2.09. The number of nitrogens with zero attached hydrogens (tertiary/aromatic N) is 3. The Morgan fingerprint density at radius 2 is 2.24 bits per heavy atom. The van der Waals surface area contributed by atoms with E-state index >= 15 is 0 Å². The number of aromatic nitrogens is 3. The zero-order valence-corrected chi connectivity index (χ0v) is 10.3. The van der Waals surface area contributed by atoms with Crippen molar-refractivity contribution in [1.82, 2.24) is 15.0 Å². The van der Waals surface area contributed by atoms with Crippen LogP contribution in [0.3, 0.4) is 0 Å². The predicted octanol–water partition coefficient (Wildman–Crippen LogP) is 2.18. The quantitative estimate of drug-likeness (QED) is 0.923. The number of hydrogen-bond donors (Lipinski definition) is 1. The van der Waals surface area contributed by atoms with Gasteiger partial charge in [0.15, 0.2) is 5.69 Å². The summed E-state index contributed by atoms with van der Waals surface area (Å²) in [5.41, 5.74) is 0.918. The fourth-order valence-corrected chi connectivity index (χ4v) is 1.88. The lowest BCUT2D eigenvalue weighted by atomic mass is 10.2. The largest absolute Gasteiger partial charge is 0.476 e. The molecular formula is C10H7BrFN3O2. The van der Waals surface area contributed by atoms with Crippen LogP contribution in [0.4, 0.5) is 4.39 Å². The Morgan fingerprint density at radius 3 is 2.88 bits per heavy atom. The predicted molar refractivity (Wildman–Crippen MR) is 60.7 cm³/mol. The number of carboxylic acid groups (broad SMARTS) is 1. The van der Waals surface area contributed by atoms with E-state index in [0.29, 0.717) is 15.7 Å². The molecular weight excluding hydrogens is 293 g/mol. The van der Waals surface area contributed by atoms with Gasteiger partial charge < -0.3 is 5.11 Å². The van der Waals surface area contributed by atoms with Crippen LogP contribution in [0.25, 0.3) is 5.69 Å². The molecule has 0 fully saturated rings. The van der Waals surface area contributed by atoms with Crippen molar-refractivity contribution in [3.8, 4) is 5.69 Å². The molecule has 0 aliphatic heterocycles. The lowest BCUT2D eigenvalue weighted by molar-refractivity contribution is 0.0687. The van der Waals surface area contributed by atoms with E-state index in [1.807, 2.05) is 0 Å². The molecule has 0 amide bonds. The van der Waals surface area contributed by atoms with Gasteiger partial charge in [-0.2, -0.15) is 0 Å². The van der Waals surface area contributed by atoms with Crippen LogP contribution in [0.15, 0.2) is 22.8 Å². The van der Waals surface area contributed by atoms with Gasteiger partial charge in [0.05, 0.1) is 16.4 Å². The van der Waals surface area contributed by atoms with Crippen molar-refractivity contribution in [2.75, 3.05) is 0 Å². The van der Waals surface area contributed by atoms with Crippen LogP contribution in [-0.2, 0) is 0 Å². The SMILES string of the molecule is Cc1cc(Br)c(F)cc1-n1nncc1C(=O)O. The van der Waals surface area contributed by atoms with E-state index in [-0.39, 0.29) is 5.69 Å². The van der Waals surface area contributed by atoms with Gasteiger partial charge in [0.2, 0.25) is 0 Å². The number of aromatic carboxylic acids is 1. The first-order valence-electron chi connectivity index (χ1n) is 4.60. The van der Waals surface area contributed by atoms with E-state index in [2.05, 4.69) is 26.2 Å². The van der Waals surface area contributed by atoms with Crippen LogP contribution in [0, 0.1) is 12.7 Å². The molecule has 88 valence electrons. The second-order valence-electron chi connectivity index (χ2n) is 3.39. The van der Waals surface area contributed by atoms with Crippen molar-refractivity contribution in [3.63, 3.8) is 0 Å². The topological polar surface area (TPSA) is 68.0 Å². The summed E-state index contributed by atoms with van der Waals surface area (Å²) in [6, 6.07) is 2.76. The average molecular weight is 300 g/mol. The second kappa shape index (κ2) is 4.25. The van der Waals surface area contributed by atoms with Crippen LogP contribution < -0.4 is 0 Å². The Bertz CT molecular complexity index is 597. The Kier molecular flexibility index (Phi) is 2.93. The number of benzene rings is 1. The van der Waals surface area contributed by atoms with Crippen molar-refractivity contribution >= 4 is 21.9 Å². The molecule has 5 nitrogen and oxygen atoms in total. The molecule has 0 aliphatic carbocycles. The highest BCUT2D eigenvalue weighted by atomic mass is 79.9. The number of aryl methyl sites for hydroxylation is 1. The molecule has 1 aromatic heterocycles. The van der Waals surface area contributed by atoms with Crippen molar-refractivity contribution < 1.29 is 14.3 Å². The zero-order valence-electron chi connectivity index (χ0n) is 8.69. The minimum Gasteiger partial charge on any atom is -0.476 e. The van der Waals surface area contributed by atoms with E-state index in [1.165, 1.54) is 6.07 Å². The van der Waals surface area contributed by atoms with Crippen LogP contribution in [0.2, 0.25) is 0 Å². The third-order valence-electron chi connectivity index (χ3n) is 2.24. The number of hydrogen-bond acceptors (Lipinski definition) is 3. The highest BCUT2D eigenvalue weighted by molar-refractivity contribution is 9.10. The molecule has 0 aliphatic rings. The minimum atomic E-state index is -1.17. The van der Waals surface area contributed by atoms with Crippen LogP contribution in [-0.4, -0.2) is 26.1 Å². The Morgan fingerprint density at radius 1 is 1.53 bits per heavy atom. The van der Waals surface area contributed by atoms with E-state index in [4.69, 9.17) is 5.11 Å². The molecule has 0 saturated carbocycles. The fourth-order valence-electron chi connectivity index (χ4n) is 1.42. The number of carbonyl (C=O) groups is 1. The molecule has 0 atom stereocenters. The second-order valence-corrected chi connectivity index (χ2v) is 4.24. The van der Waals surface area contributed by atoms with Gasteiger partial charge in [-0.1, -0.05) is 5.21 Å². The van der Waals surface area contributed by atoms with E-state index < -0.39 is 11.8 Å². The zero-order chi connectivity index (χ0) is 12.6. The van der Waals surface area contributed by atoms with E-state index in [0.717, 1.165) is 10.9 Å². The molecule has 0 unspecified atom stereocenters. The van der Waals surface area contributed by atoms with E-state index in [9.17, 15) is 9.18 Å². The molecule has 1 heterocycles. The van der Waals surface area contributed by atoms with Gasteiger partial charge in [0.1, 0.15) is 5.82 Å². The summed E-state index contributed by atoms with van der Waals surface area (Å²) >= 11 is 3.05. The summed E-state index contributed by atoms with van der Waals surface area (Å²) in [6.07, 6.45) is 1.11. The Labute approximate surface area is 104 Å². The van der Waals surface area contributed by atoms with Gasteiger partial charge in [0.25, 0.3) is 0 Å². The van der Waals surface area contributed by atoms with Gasteiger partial charge in [-0.05, 0) is 34.5 Å². The molecule has 17 heavy (non-hydrogen) atoms. The van der Waals surface area contributed by atoms with Gasteiger partial charge >= 0.3 is 5.97 Å². The van der Waals surface area contributed by atoms with Crippen molar-refractivity contribution in [3.05, 3.63) is 39.9 Å².